The molecule has 0 bridgehead atoms. The Morgan fingerprint density at radius 3 is 2.46 bits per heavy atom. The molecule has 0 radical (unpaired) electrons. The largest absolute Gasteiger partial charge is 0.484 e. The normalized spacial score (nSPS) is 20.2. The maximum atomic E-state index is 13.3. The Balaban J connectivity index is 1.56. The van der Waals surface area contributed by atoms with Gasteiger partial charge >= 0.3 is 0 Å². The molecule has 150 valence electrons. The highest BCUT2D eigenvalue weighted by atomic mass is 19.1. The van der Waals surface area contributed by atoms with Gasteiger partial charge in [0, 0.05) is 31.7 Å². The molecular formula is C22H26F2N2O2. The molecule has 2 atom stereocenters. The number of hydrogen-bond acceptors (Lipinski definition) is 3. The molecule has 3 rings (SSSR count). The van der Waals surface area contributed by atoms with Crippen LogP contribution < -0.4 is 4.74 Å². The molecule has 2 unspecified atom stereocenters. The van der Waals surface area contributed by atoms with Gasteiger partial charge in [0.15, 0.2) is 6.61 Å². The third kappa shape index (κ3) is 4.87. The van der Waals surface area contributed by atoms with Gasteiger partial charge in [0.05, 0.1) is 0 Å². The maximum Gasteiger partial charge on any atom is 0.260 e. The number of aryl methyl sites for hydroxylation is 1. The van der Waals surface area contributed by atoms with Crippen LogP contribution in [0.15, 0.2) is 42.5 Å². The van der Waals surface area contributed by atoms with Crippen molar-refractivity contribution in [1.29, 1.82) is 0 Å². The fourth-order valence-corrected chi connectivity index (χ4v) is 3.53. The lowest BCUT2D eigenvalue weighted by Gasteiger charge is -2.44. The minimum Gasteiger partial charge on any atom is -0.484 e. The number of amides is 1. The second-order valence-electron chi connectivity index (χ2n) is 7.50. The van der Waals surface area contributed by atoms with E-state index in [4.69, 9.17) is 4.74 Å². The predicted octanol–water partition coefficient (Wildman–Crippen LogP) is 3.77. The van der Waals surface area contributed by atoms with Crippen LogP contribution in [0.4, 0.5) is 8.78 Å². The fourth-order valence-electron chi connectivity index (χ4n) is 3.53. The number of carbonyl (C=O) groups is 1. The summed E-state index contributed by atoms with van der Waals surface area (Å²) in [6.07, 6.45) is 0. The fraction of sp³-hybridized carbons (Fsp3) is 0.409. The Hall–Kier alpha value is -2.47. The van der Waals surface area contributed by atoms with Gasteiger partial charge in [0.25, 0.3) is 5.91 Å². The van der Waals surface area contributed by atoms with E-state index >= 15 is 0 Å². The highest BCUT2D eigenvalue weighted by molar-refractivity contribution is 5.78. The van der Waals surface area contributed by atoms with E-state index in [2.05, 4.69) is 11.8 Å². The Morgan fingerprint density at radius 1 is 1.07 bits per heavy atom. The number of hydrogen-bond donors (Lipinski definition) is 0. The lowest BCUT2D eigenvalue weighted by Crippen LogP contribution is -2.58. The van der Waals surface area contributed by atoms with Crippen molar-refractivity contribution in [2.45, 2.75) is 39.4 Å². The first-order chi connectivity index (χ1) is 13.3. The number of rotatable bonds is 5. The van der Waals surface area contributed by atoms with Gasteiger partial charge in [-0.1, -0.05) is 12.1 Å². The SMILES string of the molecule is Cc1cc(OCC(=O)N2CC(C)N(Cc3ccc(F)cc3)CC2C)ccc1F. The van der Waals surface area contributed by atoms with Gasteiger partial charge in [-0.05, 0) is 62.2 Å². The Bertz CT molecular complexity index is 826. The van der Waals surface area contributed by atoms with Crippen LogP contribution in [0.1, 0.15) is 25.0 Å². The van der Waals surface area contributed by atoms with Crippen molar-refractivity contribution in [3.63, 3.8) is 0 Å². The maximum absolute atomic E-state index is 13.3. The van der Waals surface area contributed by atoms with Crippen LogP contribution in [-0.4, -0.2) is 47.5 Å². The quantitative estimate of drug-likeness (QED) is 0.782. The van der Waals surface area contributed by atoms with Crippen molar-refractivity contribution < 1.29 is 18.3 Å². The topological polar surface area (TPSA) is 32.8 Å². The molecule has 1 fully saturated rings. The monoisotopic (exact) mass is 388 g/mol. The van der Waals surface area contributed by atoms with E-state index < -0.39 is 0 Å². The van der Waals surface area contributed by atoms with Crippen molar-refractivity contribution in [3.05, 3.63) is 65.2 Å². The van der Waals surface area contributed by atoms with E-state index in [0.717, 1.165) is 18.7 Å². The van der Waals surface area contributed by atoms with E-state index in [1.807, 2.05) is 11.8 Å². The molecule has 2 aromatic carbocycles. The molecule has 2 aromatic rings. The summed E-state index contributed by atoms with van der Waals surface area (Å²) < 4.78 is 32.0. The van der Waals surface area contributed by atoms with Crippen LogP contribution >= 0.6 is 0 Å². The summed E-state index contributed by atoms with van der Waals surface area (Å²) in [6.45, 7) is 7.75. The third-order valence-corrected chi connectivity index (χ3v) is 5.23. The van der Waals surface area contributed by atoms with Gasteiger partial charge in [0.2, 0.25) is 0 Å². The van der Waals surface area contributed by atoms with E-state index in [1.54, 1.807) is 25.1 Å². The van der Waals surface area contributed by atoms with E-state index in [0.29, 0.717) is 17.9 Å². The average Bonchev–Trinajstić information content (AvgIpc) is 2.67. The number of benzene rings is 2. The summed E-state index contributed by atoms with van der Waals surface area (Å²) in [5.74, 6) is -0.124. The molecule has 0 saturated carbocycles. The first-order valence-corrected chi connectivity index (χ1v) is 9.50. The minimum absolute atomic E-state index is 0.0442. The second kappa shape index (κ2) is 8.69. The molecule has 0 aromatic heterocycles. The van der Waals surface area contributed by atoms with Gasteiger partial charge in [0.1, 0.15) is 17.4 Å². The summed E-state index contributed by atoms with van der Waals surface area (Å²) in [5.41, 5.74) is 1.54. The highest BCUT2D eigenvalue weighted by Gasteiger charge is 2.32. The first-order valence-electron chi connectivity index (χ1n) is 9.50. The lowest BCUT2D eigenvalue weighted by molar-refractivity contribution is -0.139. The van der Waals surface area contributed by atoms with Gasteiger partial charge in [-0.25, -0.2) is 8.78 Å². The molecule has 0 aliphatic carbocycles. The van der Waals surface area contributed by atoms with Gasteiger partial charge in [-0.2, -0.15) is 0 Å². The highest BCUT2D eigenvalue weighted by Crippen LogP contribution is 2.20. The Kier molecular flexibility index (Phi) is 6.29. The zero-order valence-corrected chi connectivity index (χ0v) is 16.5. The second-order valence-corrected chi connectivity index (χ2v) is 7.50. The third-order valence-electron chi connectivity index (χ3n) is 5.23. The summed E-state index contributed by atoms with van der Waals surface area (Å²) >= 11 is 0. The number of ether oxygens (including phenoxy) is 1. The van der Waals surface area contributed by atoms with Crippen molar-refractivity contribution in [3.8, 4) is 5.75 Å². The van der Waals surface area contributed by atoms with E-state index in [9.17, 15) is 13.6 Å². The molecule has 1 aliphatic rings. The molecule has 1 saturated heterocycles. The van der Waals surface area contributed by atoms with Crippen LogP contribution in [0.25, 0.3) is 0 Å². The molecule has 4 nitrogen and oxygen atoms in total. The molecular weight excluding hydrogens is 362 g/mol. The smallest absolute Gasteiger partial charge is 0.260 e. The molecule has 1 amide bonds. The summed E-state index contributed by atoms with van der Waals surface area (Å²) in [5, 5.41) is 0. The predicted molar refractivity (Wildman–Crippen MR) is 104 cm³/mol. The summed E-state index contributed by atoms with van der Waals surface area (Å²) in [4.78, 5) is 16.8. The van der Waals surface area contributed by atoms with Crippen LogP contribution in [-0.2, 0) is 11.3 Å². The van der Waals surface area contributed by atoms with Gasteiger partial charge < -0.3 is 9.64 Å². The van der Waals surface area contributed by atoms with Crippen molar-refractivity contribution in [2.75, 3.05) is 19.7 Å². The Labute approximate surface area is 164 Å². The lowest BCUT2D eigenvalue weighted by atomic mass is 10.1. The van der Waals surface area contributed by atoms with Crippen molar-refractivity contribution in [2.24, 2.45) is 0 Å². The number of piperazine rings is 1. The molecule has 28 heavy (non-hydrogen) atoms. The van der Waals surface area contributed by atoms with Gasteiger partial charge in [-0.15, -0.1) is 0 Å². The summed E-state index contributed by atoms with van der Waals surface area (Å²) in [7, 11) is 0. The van der Waals surface area contributed by atoms with Crippen LogP contribution in [0.5, 0.6) is 5.75 Å². The minimum atomic E-state index is -0.293. The van der Waals surface area contributed by atoms with Gasteiger partial charge in [-0.3, -0.25) is 9.69 Å². The van der Waals surface area contributed by atoms with Crippen LogP contribution in [0.2, 0.25) is 0 Å². The van der Waals surface area contributed by atoms with E-state index in [1.165, 1.54) is 24.3 Å². The average molecular weight is 388 g/mol. The number of nitrogens with zero attached hydrogens (tertiary/aromatic N) is 2. The van der Waals surface area contributed by atoms with Crippen molar-refractivity contribution in [1.82, 2.24) is 9.80 Å². The Morgan fingerprint density at radius 2 is 1.79 bits per heavy atom. The number of carbonyl (C=O) groups excluding carboxylic acids is 1. The molecule has 6 heteroatoms. The zero-order chi connectivity index (χ0) is 20.3. The van der Waals surface area contributed by atoms with E-state index in [-0.39, 0.29) is 36.2 Å². The molecule has 0 N–H and O–H groups in total. The van der Waals surface area contributed by atoms with Crippen molar-refractivity contribution >= 4 is 5.91 Å². The van der Waals surface area contributed by atoms with Crippen LogP contribution in [0.3, 0.4) is 0 Å². The standard InChI is InChI=1S/C22H26F2N2O2/c1-15-10-20(8-9-21(15)24)28-14-22(27)26-12-16(2)25(11-17(26)3)13-18-4-6-19(23)7-5-18/h4-10,16-17H,11-14H2,1-3H3. The number of halogens is 2. The first kappa shape index (κ1) is 20.3. The van der Waals surface area contributed by atoms with Crippen LogP contribution in [0, 0.1) is 18.6 Å². The summed E-state index contributed by atoms with van der Waals surface area (Å²) in [6, 6.07) is 11.2. The zero-order valence-electron chi connectivity index (χ0n) is 16.5. The molecule has 0 spiro atoms. The molecule has 1 heterocycles. The molecule has 1 aliphatic heterocycles.